The number of nitrogens with one attached hydrogen (secondary N) is 1. The maximum atomic E-state index is 11.5. The Kier molecular flexibility index (Phi) is 5.77. The Balaban J connectivity index is 3.59. The van der Waals surface area contributed by atoms with Crippen LogP contribution in [0, 0.1) is 5.41 Å². The van der Waals surface area contributed by atoms with Crippen LogP contribution >= 0.6 is 0 Å². The molecule has 0 heterocycles. The molecule has 0 rings (SSSR count). The van der Waals surface area contributed by atoms with Crippen molar-refractivity contribution in [1.29, 1.82) is 0 Å². The molecule has 0 aromatic carbocycles. The molecule has 0 saturated carbocycles. The molecule has 1 unspecified atom stereocenters. The Morgan fingerprint density at radius 3 is 2.36 bits per heavy atom. The summed E-state index contributed by atoms with van der Waals surface area (Å²) in [5.74, 6) is 0.0983. The van der Waals surface area contributed by atoms with Crippen LogP contribution in [0.2, 0.25) is 0 Å². The standard InChI is InChI=1S/C11H24N2O/c1-5-6-9(12)7-8-13-10(14)11(2,3)4/h9H,5-8,12H2,1-4H3,(H,13,14). The lowest BCUT2D eigenvalue weighted by molar-refractivity contribution is -0.128. The lowest BCUT2D eigenvalue weighted by Gasteiger charge is -2.18. The van der Waals surface area contributed by atoms with Gasteiger partial charge >= 0.3 is 0 Å². The highest BCUT2D eigenvalue weighted by Gasteiger charge is 2.20. The molecule has 0 aromatic heterocycles. The minimum atomic E-state index is -0.297. The summed E-state index contributed by atoms with van der Waals surface area (Å²) in [6, 6.07) is 0.222. The number of carbonyl (C=O) groups is 1. The number of rotatable bonds is 5. The van der Waals surface area contributed by atoms with Crippen molar-refractivity contribution in [3.8, 4) is 0 Å². The molecule has 0 saturated heterocycles. The zero-order valence-corrected chi connectivity index (χ0v) is 9.89. The monoisotopic (exact) mass is 200 g/mol. The Morgan fingerprint density at radius 2 is 1.93 bits per heavy atom. The quantitative estimate of drug-likeness (QED) is 0.709. The molecule has 84 valence electrons. The second-order valence-corrected chi connectivity index (χ2v) is 4.84. The number of carbonyl (C=O) groups excluding carboxylic acids is 1. The summed E-state index contributed by atoms with van der Waals surface area (Å²) < 4.78 is 0. The minimum absolute atomic E-state index is 0.0983. The maximum Gasteiger partial charge on any atom is 0.225 e. The van der Waals surface area contributed by atoms with Crippen LogP contribution in [-0.4, -0.2) is 18.5 Å². The van der Waals surface area contributed by atoms with Crippen LogP contribution in [-0.2, 0) is 4.79 Å². The summed E-state index contributed by atoms with van der Waals surface area (Å²) >= 11 is 0. The van der Waals surface area contributed by atoms with E-state index < -0.39 is 0 Å². The van der Waals surface area contributed by atoms with Gasteiger partial charge in [-0.2, -0.15) is 0 Å². The minimum Gasteiger partial charge on any atom is -0.356 e. The van der Waals surface area contributed by atoms with Crippen LogP contribution in [0.1, 0.15) is 47.0 Å². The summed E-state index contributed by atoms with van der Waals surface area (Å²) in [5, 5.41) is 2.89. The third kappa shape index (κ3) is 5.97. The second-order valence-electron chi connectivity index (χ2n) is 4.84. The molecule has 0 radical (unpaired) electrons. The van der Waals surface area contributed by atoms with E-state index >= 15 is 0 Å². The molecule has 0 fully saturated rings. The van der Waals surface area contributed by atoms with Crippen LogP contribution < -0.4 is 11.1 Å². The van der Waals surface area contributed by atoms with Gasteiger partial charge in [0.2, 0.25) is 5.91 Å². The van der Waals surface area contributed by atoms with Crippen molar-refractivity contribution in [2.75, 3.05) is 6.54 Å². The van der Waals surface area contributed by atoms with Gasteiger partial charge in [0.1, 0.15) is 0 Å². The van der Waals surface area contributed by atoms with Crippen LogP contribution in [0.3, 0.4) is 0 Å². The first kappa shape index (κ1) is 13.4. The zero-order valence-electron chi connectivity index (χ0n) is 9.89. The lowest BCUT2D eigenvalue weighted by Crippen LogP contribution is -2.37. The number of hydrogen-bond donors (Lipinski definition) is 2. The van der Waals surface area contributed by atoms with Crippen molar-refractivity contribution in [2.24, 2.45) is 11.1 Å². The Bertz CT molecular complexity index is 173. The van der Waals surface area contributed by atoms with Crippen LogP contribution in [0.5, 0.6) is 0 Å². The molecule has 0 aromatic rings. The molecular weight excluding hydrogens is 176 g/mol. The fourth-order valence-electron chi connectivity index (χ4n) is 1.15. The van der Waals surface area contributed by atoms with Crippen molar-refractivity contribution in [1.82, 2.24) is 5.32 Å². The zero-order chi connectivity index (χ0) is 11.2. The van der Waals surface area contributed by atoms with Crippen molar-refractivity contribution in [3.63, 3.8) is 0 Å². The van der Waals surface area contributed by atoms with Gasteiger partial charge in [-0.3, -0.25) is 4.79 Å². The normalized spacial score (nSPS) is 13.8. The molecule has 1 atom stereocenters. The maximum absolute atomic E-state index is 11.5. The first-order chi connectivity index (χ1) is 6.38. The SMILES string of the molecule is CCCC(N)CCNC(=O)C(C)(C)C. The Hall–Kier alpha value is -0.570. The van der Waals surface area contributed by atoms with Gasteiger partial charge in [0, 0.05) is 18.0 Å². The van der Waals surface area contributed by atoms with Crippen LogP contribution in [0.15, 0.2) is 0 Å². The highest BCUT2D eigenvalue weighted by atomic mass is 16.2. The van der Waals surface area contributed by atoms with E-state index in [1.54, 1.807) is 0 Å². The number of nitrogens with two attached hydrogens (primary N) is 1. The van der Waals surface area contributed by atoms with Gasteiger partial charge in [0.25, 0.3) is 0 Å². The molecule has 3 nitrogen and oxygen atoms in total. The van der Waals surface area contributed by atoms with Crippen LogP contribution in [0.4, 0.5) is 0 Å². The average molecular weight is 200 g/mol. The summed E-state index contributed by atoms with van der Waals surface area (Å²) in [5.41, 5.74) is 5.53. The Labute approximate surface area is 87.4 Å². The van der Waals surface area contributed by atoms with Crippen molar-refractivity contribution < 1.29 is 4.79 Å². The summed E-state index contributed by atoms with van der Waals surface area (Å²) in [7, 11) is 0. The molecule has 1 amide bonds. The number of hydrogen-bond acceptors (Lipinski definition) is 2. The highest BCUT2D eigenvalue weighted by molar-refractivity contribution is 5.81. The van der Waals surface area contributed by atoms with Gasteiger partial charge in [0.15, 0.2) is 0 Å². The van der Waals surface area contributed by atoms with E-state index in [2.05, 4.69) is 12.2 Å². The molecule has 0 bridgehead atoms. The third-order valence-corrected chi connectivity index (χ3v) is 2.14. The van der Waals surface area contributed by atoms with Gasteiger partial charge in [-0.1, -0.05) is 34.1 Å². The molecule has 0 aliphatic carbocycles. The summed E-state index contributed by atoms with van der Waals surface area (Å²) in [6.45, 7) is 8.54. The number of amides is 1. The first-order valence-corrected chi connectivity index (χ1v) is 5.41. The van der Waals surface area contributed by atoms with E-state index in [-0.39, 0.29) is 17.4 Å². The highest BCUT2D eigenvalue weighted by Crippen LogP contribution is 2.12. The molecule has 0 spiro atoms. The van der Waals surface area contributed by atoms with E-state index in [0.29, 0.717) is 6.54 Å². The molecular formula is C11H24N2O. The van der Waals surface area contributed by atoms with Crippen molar-refractivity contribution >= 4 is 5.91 Å². The summed E-state index contributed by atoms with van der Waals surface area (Å²) in [6.07, 6.45) is 3.01. The average Bonchev–Trinajstić information content (AvgIpc) is 2.02. The van der Waals surface area contributed by atoms with Gasteiger partial charge in [-0.25, -0.2) is 0 Å². The summed E-state index contributed by atoms with van der Waals surface area (Å²) in [4.78, 5) is 11.5. The third-order valence-electron chi connectivity index (χ3n) is 2.14. The molecule has 3 heteroatoms. The molecule has 0 aliphatic heterocycles. The van der Waals surface area contributed by atoms with Crippen molar-refractivity contribution in [3.05, 3.63) is 0 Å². The fourth-order valence-corrected chi connectivity index (χ4v) is 1.15. The topological polar surface area (TPSA) is 55.1 Å². The van der Waals surface area contributed by atoms with Gasteiger partial charge in [-0.05, 0) is 12.8 Å². The van der Waals surface area contributed by atoms with Gasteiger partial charge < -0.3 is 11.1 Å². The molecule has 0 aliphatic rings. The smallest absolute Gasteiger partial charge is 0.225 e. The lowest BCUT2D eigenvalue weighted by atomic mass is 9.95. The predicted molar refractivity (Wildman–Crippen MR) is 60.0 cm³/mol. The van der Waals surface area contributed by atoms with Gasteiger partial charge in [0.05, 0.1) is 0 Å². The van der Waals surface area contributed by atoms with Crippen molar-refractivity contribution in [2.45, 2.75) is 53.0 Å². The molecule has 14 heavy (non-hydrogen) atoms. The largest absolute Gasteiger partial charge is 0.356 e. The van der Waals surface area contributed by atoms with E-state index in [1.165, 1.54) is 0 Å². The van der Waals surface area contributed by atoms with E-state index in [1.807, 2.05) is 20.8 Å². The van der Waals surface area contributed by atoms with E-state index in [4.69, 9.17) is 5.73 Å². The molecule has 3 N–H and O–H groups in total. The Morgan fingerprint density at radius 1 is 1.36 bits per heavy atom. The second kappa shape index (κ2) is 6.02. The van der Waals surface area contributed by atoms with Gasteiger partial charge in [-0.15, -0.1) is 0 Å². The van der Waals surface area contributed by atoms with E-state index in [9.17, 15) is 4.79 Å². The predicted octanol–water partition coefficient (Wildman–Crippen LogP) is 1.67. The fraction of sp³-hybridized carbons (Fsp3) is 0.909. The first-order valence-electron chi connectivity index (χ1n) is 5.41. The van der Waals surface area contributed by atoms with Crippen LogP contribution in [0.25, 0.3) is 0 Å². The van der Waals surface area contributed by atoms with E-state index in [0.717, 1.165) is 19.3 Å².